The smallest absolute Gasteiger partial charge is 0.265 e. The molecule has 0 radical (unpaired) electrons. The number of aryl methyl sites for hydroxylation is 4. The van der Waals surface area contributed by atoms with Gasteiger partial charge in [-0.3, -0.25) is 4.79 Å². The quantitative estimate of drug-likeness (QED) is 0.919. The topological polar surface area (TPSA) is 45.8 Å². The van der Waals surface area contributed by atoms with Crippen molar-refractivity contribution < 1.29 is 0 Å². The molecule has 0 spiro atoms. The SMILES string of the molecule is CCCc1nc(-c2c(C)cc(C)cc2C)[nH]c(=O)c1Br. The second kappa shape index (κ2) is 5.92. The molecular formula is C16H19BrN2O. The van der Waals surface area contributed by atoms with Crippen LogP contribution in [0.3, 0.4) is 0 Å². The van der Waals surface area contributed by atoms with E-state index in [4.69, 9.17) is 0 Å². The van der Waals surface area contributed by atoms with Crippen molar-refractivity contribution in [2.24, 2.45) is 0 Å². The standard InChI is InChI=1S/C16H19BrN2O/c1-5-6-12-14(17)16(20)19-15(18-12)13-10(3)7-9(2)8-11(13)4/h7-8H,5-6H2,1-4H3,(H,18,19,20). The van der Waals surface area contributed by atoms with E-state index in [2.05, 4.69) is 65.7 Å². The Hall–Kier alpha value is -1.42. The summed E-state index contributed by atoms with van der Waals surface area (Å²) in [6, 6.07) is 4.23. The van der Waals surface area contributed by atoms with E-state index in [1.807, 2.05) is 0 Å². The maximum absolute atomic E-state index is 12.1. The number of hydrogen-bond donors (Lipinski definition) is 1. The molecule has 0 saturated heterocycles. The lowest BCUT2D eigenvalue weighted by Crippen LogP contribution is -2.14. The Kier molecular flexibility index (Phi) is 4.43. The minimum absolute atomic E-state index is 0.113. The third kappa shape index (κ3) is 2.85. The van der Waals surface area contributed by atoms with Gasteiger partial charge in [0.25, 0.3) is 5.56 Å². The molecule has 0 saturated carbocycles. The normalized spacial score (nSPS) is 10.8. The molecule has 1 aromatic carbocycles. The van der Waals surface area contributed by atoms with Gasteiger partial charge in [-0.2, -0.15) is 0 Å². The highest BCUT2D eigenvalue weighted by Crippen LogP contribution is 2.26. The Labute approximate surface area is 127 Å². The lowest BCUT2D eigenvalue weighted by atomic mass is 9.99. The van der Waals surface area contributed by atoms with Crippen LogP contribution in [0.5, 0.6) is 0 Å². The Morgan fingerprint density at radius 1 is 1.20 bits per heavy atom. The third-order valence-electron chi connectivity index (χ3n) is 3.33. The highest BCUT2D eigenvalue weighted by molar-refractivity contribution is 9.10. The monoisotopic (exact) mass is 334 g/mol. The molecule has 0 bridgehead atoms. The first-order valence-corrected chi connectivity index (χ1v) is 7.60. The molecule has 4 heteroatoms. The van der Waals surface area contributed by atoms with Crippen LogP contribution in [0.4, 0.5) is 0 Å². The minimum Gasteiger partial charge on any atom is -0.306 e. The first-order chi connectivity index (χ1) is 9.43. The van der Waals surface area contributed by atoms with Crippen molar-refractivity contribution in [2.75, 3.05) is 0 Å². The second-order valence-corrected chi connectivity index (χ2v) is 5.99. The van der Waals surface area contributed by atoms with E-state index in [1.54, 1.807) is 0 Å². The van der Waals surface area contributed by atoms with Crippen LogP contribution >= 0.6 is 15.9 Å². The van der Waals surface area contributed by atoms with Crippen LogP contribution in [0.25, 0.3) is 11.4 Å². The van der Waals surface area contributed by atoms with Gasteiger partial charge in [0.2, 0.25) is 0 Å². The molecular weight excluding hydrogens is 316 g/mol. The van der Waals surface area contributed by atoms with Gasteiger partial charge in [0.1, 0.15) is 10.3 Å². The number of benzene rings is 1. The molecule has 2 rings (SSSR count). The number of H-pyrrole nitrogens is 1. The molecule has 0 unspecified atom stereocenters. The summed E-state index contributed by atoms with van der Waals surface area (Å²) in [6.07, 6.45) is 1.75. The summed E-state index contributed by atoms with van der Waals surface area (Å²) in [5.41, 5.74) is 5.23. The van der Waals surface area contributed by atoms with Gasteiger partial charge in [-0.1, -0.05) is 31.0 Å². The fraction of sp³-hybridized carbons (Fsp3) is 0.375. The van der Waals surface area contributed by atoms with Crippen LogP contribution in [0.2, 0.25) is 0 Å². The highest BCUT2D eigenvalue weighted by atomic mass is 79.9. The highest BCUT2D eigenvalue weighted by Gasteiger charge is 2.13. The molecule has 0 aliphatic carbocycles. The summed E-state index contributed by atoms with van der Waals surface area (Å²) in [5, 5.41) is 0. The van der Waals surface area contributed by atoms with Crippen LogP contribution in [0.15, 0.2) is 21.4 Å². The number of nitrogens with zero attached hydrogens (tertiary/aromatic N) is 1. The van der Waals surface area contributed by atoms with Gasteiger partial charge in [-0.25, -0.2) is 4.98 Å². The maximum Gasteiger partial charge on any atom is 0.265 e. The Bertz CT molecular complexity index is 681. The first kappa shape index (κ1) is 15.0. The van der Waals surface area contributed by atoms with Crippen molar-refractivity contribution in [1.82, 2.24) is 9.97 Å². The lowest BCUT2D eigenvalue weighted by Gasteiger charge is -2.12. The second-order valence-electron chi connectivity index (χ2n) is 5.20. The summed E-state index contributed by atoms with van der Waals surface area (Å²) in [5.74, 6) is 0.664. The van der Waals surface area contributed by atoms with Crippen LogP contribution in [0, 0.1) is 20.8 Å². The molecule has 1 N–H and O–H groups in total. The molecule has 20 heavy (non-hydrogen) atoms. The average molecular weight is 335 g/mol. The zero-order valence-corrected chi connectivity index (χ0v) is 13.9. The zero-order valence-electron chi connectivity index (χ0n) is 12.3. The van der Waals surface area contributed by atoms with E-state index < -0.39 is 0 Å². The van der Waals surface area contributed by atoms with Crippen LogP contribution in [-0.2, 0) is 6.42 Å². The Morgan fingerprint density at radius 2 is 1.80 bits per heavy atom. The van der Waals surface area contributed by atoms with E-state index in [0.29, 0.717) is 10.3 Å². The van der Waals surface area contributed by atoms with Crippen molar-refractivity contribution in [3.63, 3.8) is 0 Å². The summed E-state index contributed by atoms with van der Waals surface area (Å²) in [6.45, 7) is 8.26. The summed E-state index contributed by atoms with van der Waals surface area (Å²) in [4.78, 5) is 19.6. The fourth-order valence-corrected chi connectivity index (χ4v) is 2.97. The fourth-order valence-electron chi connectivity index (χ4n) is 2.58. The van der Waals surface area contributed by atoms with Crippen molar-refractivity contribution in [3.05, 3.63) is 49.3 Å². The number of rotatable bonds is 3. The van der Waals surface area contributed by atoms with E-state index in [0.717, 1.165) is 35.2 Å². The van der Waals surface area contributed by atoms with Gasteiger partial charge in [0.15, 0.2) is 0 Å². The number of hydrogen-bond acceptors (Lipinski definition) is 2. The lowest BCUT2D eigenvalue weighted by molar-refractivity contribution is 0.860. The molecule has 0 aliphatic heterocycles. The summed E-state index contributed by atoms with van der Waals surface area (Å²) < 4.78 is 0.547. The van der Waals surface area contributed by atoms with Crippen LogP contribution in [-0.4, -0.2) is 9.97 Å². The molecule has 1 aromatic heterocycles. The number of halogens is 1. The molecule has 2 aromatic rings. The number of aromatic nitrogens is 2. The molecule has 0 atom stereocenters. The molecule has 1 heterocycles. The summed E-state index contributed by atoms with van der Waals surface area (Å²) >= 11 is 3.33. The molecule has 3 nitrogen and oxygen atoms in total. The zero-order chi connectivity index (χ0) is 14.9. The van der Waals surface area contributed by atoms with Gasteiger partial charge in [-0.15, -0.1) is 0 Å². The Morgan fingerprint density at radius 3 is 2.35 bits per heavy atom. The van der Waals surface area contributed by atoms with Gasteiger partial charge in [0, 0.05) is 5.56 Å². The largest absolute Gasteiger partial charge is 0.306 e. The molecule has 0 fully saturated rings. The van der Waals surface area contributed by atoms with Gasteiger partial charge in [0.05, 0.1) is 5.69 Å². The molecule has 0 amide bonds. The molecule has 106 valence electrons. The predicted octanol–water partition coefficient (Wildman–Crippen LogP) is 4.08. The minimum atomic E-state index is -0.113. The average Bonchev–Trinajstić information content (AvgIpc) is 2.34. The van der Waals surface area contributed by atoms with E-state index in [-0.39, 0.29) is 5.56 Å². The Balaban J connectivity index is 2.68. The van der Waals surface area contributed by atoms with Crippen molar-refractivity contribution in [2.45, 2.75) is 40.5 Å². The molecule has 0 aliphatic rings. The predicted molar refractivity (Wildman–Crippen MR) is 86.2 cm³/mol. The number of aromatic amines is 1. The van der Waals surface area contributed by atoms with Crippen molar-refractivity contribution >= 4 is 15.9 Å². The first-order valence-electron chi connectivity index (χ1n) is 6.81. The van der Waals surface area contributed by atoms with E-state index in [9.17, 15) is 4.79 Å². The number of nitrogens with one attached hydrogen (secondary N) is 1. The van der Waals surface area contributed by atoms with Crippen molar-refractivity contribution in [1.29, 1.82) is 0 Å². The summed E-state index contributed by atoms with van der Waals surface area (Å²) in [7, 11) is 0. The van der Waals surface area contributed by atoms with Crippen LogP contribution in [0.1, 0.15) is 35.7 Å². The van der Waals surface area contributed by atoms with Gasteiger partial charge >= 0.3 is 0 Å². The van der Waals surface area contributed by atoms with Crippen molar-refractivity contribution in [3.8, 4) is 11.4 Å². The van der Waals surface area contributed by atoms with E-state index in [1.165, 1.54) is 5.56 Å². The maximum atomic E-state index is 12.1. The van der Waals surface area contributed by atoms with Crippen LogP contribution < -0.4 is 5.56 Å². The van der Waals surface area contributed by atoms with Gasteiger partial charge in [-0.05, 0) is 54.2 Å². The van der Waals surface area contributed by atoms with Gasteiger partial charge < -0.3 is 4.98 Å². The van der Waals surface area contributed by atoms with E-state index >= 15 is 0 Å². The third-order valence-corrected chi connectivity index (χ3v) is 4.15.